The van der Waals surface area contributed by atoms with Gasteiger partial charge in [-0.15, -0.1) is 11.3 Å². The lowest BCUT2D eigenvalue weighted by molar-refractivity contribution is 0.0176. The van der Waals surface area contributed by atoms with Crippen molar-refractivity contribution in [3.05, 3.63) is 9.30 Å². The first-order valence-corrected chi connectivity index (χ1v) is 6.88. The largest absolute Gasteiger partial charge is 0.474 e. The van der Waals surface area contributed by atoms with Crippen LogP contribution in [0.25, 0.3) is 0 Å². The van der Waals surface area contributed by atoms with E-state index in [0.29, 0.717) is 45.5 Å². The highest BCUT2D eigenvalue weighted by molar-refractivity contribution is 9.11. The van der Waals surface area contributed by atoms with Gasteiger partial charge in [-0.2, -0.15) is 0 Å². The summed E-state index contributed by atoms with van der Waals surface area (Å²) in [7, 11) is 1.65. The molecule has 98 valence electrons. The van der Waals surface area contributed by atoms with Gasteiger partial charge in [-0.25, -0.2) is 4.98 Å². The first-order chi connectivity index (χ1) is 8.34. The number of methoxy groups -OCH3 is 1. The second-order valence-electron chi connectivity index (χ2n) is 3.00. The average Bonchev–Trinajstić information content (AvgIpc) is 2.73. The van der Waals surface area contributed by atoms with Gasteiger partial charge in [0, 0.05) is 7.11 Å². The summed E-state index contributed by atoms with van der Waals surface area (Å²) in [6.45, 7) is 3.36. The molecule has 0 saturated heterocycles. The lowest BCUT2D eigenvalue weighted by Gasteiger charge is -2.06. The van der Waals surface area contributed by atoms with Gasteiger partial charge in [-0.3, -0.25) is 0 Å². The summed E-state index contributed by atoms with van der Waals surface area (Å²) in [5.74, 6) is 0.620. The zero-order chi connectivity index (χ0) is 12.3. The van der Waals surface area contributed by atoms with E-state index in [4.69, 9.17) is 18.9 Å². The van der Waals surface area contributed by atoms with Crippen molar-refractivity contribution >= 4 is 27.3 Å². The third kappa shape index (κ3) is 6.95. The molecule has 0 aliphatic carbocycles. The summed E-state index contributed by atoms with van der Waals surface area (Å²) in [5, 5.41) is 0. The molecule has 0 aliphatic heterocycles. The lowest BCUT2D eigenvalue weighted by atomic mass is 10.7. The van der Waals surface area contributed by atoms with Gasteiger partial charge in [0.05, 0.1) is 38.5 Å². The van der Waals surface area contributed by atoms with Crippen molar-refractivity contribution in [1.29, 1.82) is 0 Å². The molecule has 0 aromatic carbocycles. The quantitative estimate of drug-likeness (QED) is 0.615. The molecule has 1 aromatic rings. The van der Waals surface area contributed by atoms with Crippen LogP contribution in [0.3, 0.4) is 0 Å². The van der Waals surface area contributed by atoms with E-state index in [1.807, 2.05) is 0 Å². The molecular weight excluding hydrogens is 310 g/mol. The Kier molecular flexibility index (Phi) is 8.55. The smallest absolute Gasteiger partial charge is 0.239 e. The summed E-state index contributed by atoms with van der Waals surface area (Å²) in [6.07, 6.45) is 0. The monoisotopic (exact) mass is 325 g/mol. The van der Waals surface area contributed by atoms with Gasteiger partial charge in [-0.05, 0) is 15.9 Å². The van der Waals surface area contributed by atoms with Crippen LogP contribution in [0.4, 0.5) is 0 Å². The molecule has 1 rings (SSSR count). The van der Waals surface area contributed by atoms with Gasteiger partial charge >= 0.3 is 0 Å². The molecule has 0 bridgehead atoms. The van der Waals surface area contributed by atoms with Crippen LogP contribution in [0.5, 0.6) is 5.88 Å². The molecule has 0 atom stereocenters. The Morgan fingerprint density at radius 2 is 1.76 bits per heavy atom. The molecule has 0 N–H and O–H groups in total. The van der Waals surface area contributed by atoms with E-state index >= 15 is 0 Å². The zero-order valence-corrected chi connectivity index (χ0v) is 12.1. The first kappa shape index (κ1) is 14.8. The Labute approximate surface area is 113 Å². The SMILES string of the molecule is COCCOCCOCCOc1ncsc1Br. The van der Waals surface area contributed by atoms with Crippen molar-refractivity contribution in [3.8, 4) is 5.88 Å². The highest BCUT2D eigenvalue weighted by Gasteiger charge is 2.02. The number of nitrogens with zero attached hydrogens (tertiary/aromatic N) is 1. The Bertz CT molecular complexity index is 298. The number of halogens is 1. The summed E-state index contributed by atoms with van der Waals surface area (Å²) in [5.41, 5.74) is 1.73. The molecule has 1 aromatic heterocycles. The van der Waals surface area contributed by atoms with Crippen molar-refractivity contribution in [1.82, 2.24) is 4.98 Å². The fraction of sp³-hybridized carbons (Fsp3) is 0.700. The second-order valence-corrected chi connectivity index (χ2v) is 5.17. The maximum absolute atomic E-state index is 5.39. The maximum atomic E-state index is 5.39. The highest BCUT2D eigenvalue weighted by Crippen LogP contribution is 2.26. The van der Waals surface area contributed by atoms with E-state index in [2.05, 4.69) is 20.9 Å². The van der Waals surface area contributed by atoms with E-state index in [1.165, 1.54) is 11.3 Å². The predicted molar refractivity (Wildman–Crippen MR) is 68.8 cm³/mol. The molecular formula is C10H16BrNO4S. The Morgan fingerprint density at radius 3 is 2.35 bits per heavy atom. The molecule has 0 amide bonds. The van der Waals surface area contributed by atoms with Crippen LogP contribution < -0.4 is 4.74 Å². The first-order valence-electron chi connectivity index (χ1n) is 5.21. The van der Waals surface area contributed by atoms with Crippen molar-refractivity contribution < 1.29 is 18.9 Å². The van der Waals surface area contributed by atoms with Gasteiger partial charge in [0.1, 0.15) is 10.4 Å². The molecule has 17 heavy (non-hydrogen) atoms. The van der Waals surface area contributed by atoms with Crippen LogP contribution in [0.15, 0.2) is 9.30 Å². The van der Waals surface area contributed by atoms with Crippen LogP contribution in [0.2, 0.25) is 0 Å². The number of hydrogen-bond donors (Lipinski definition) is 0. The van der Waals surface area contributed by atoms with Gasteiger partial charge in [0.15, 0.2) is 0 Å². The van der Waals surface area contributed by atoms with Gasteiger partial charge in [0.25, 0.3) is 0 Å². The number of aromatic nitrogens is 1. The summed E-state index contributed by atoms with van der Waals surface area (Å²) in [4.78, 5) is 4.04. The predicted octanol–water partition coefficient (Wildman–Crippen LogP) is 1.96. The van der Waals surface area contributed by atoms with Crippen LogP contribution in [0, 0.1) is 0 Å². The molecule has 1 heterocycles. The van der Waals surface area contributed by atoms with Crippen molar-refractivity contribution in [2.45, 2.75) is 0 Å². The number of hydrogen-bond acceptors (Lipinski definition) is 6. The molecule has 7 heteroatoms. The average molecular weight is 326 g/mol. The lowest BCUT2D eigenvalue weighted by Crippen LogP contribution is -2.12. The Hall–Kier alpha value is -0.210. The molecule has 0 saturated carbocycles. The molecule has 0 radical (unpaired) electrons. The molecule has 0 unspecified atom stereocenters. The van der Waals surface area contributed by atoms with E-state index in [1.54, 1.807) is 12.6 Å². The normalized spacial score (nSPS) is 10.7. The van der Waals surface area contributed by atoms with Crippen LogP contribution in [-0.4, -0.2) is 51.7 Å². The topological polar surface area (TPSA) is 49.8 Å². The van der Waals surface area contributed by atoms with E-state index in [-0.39, 0.29) is 0 Å². The Morgan fingerprint density at radius 1 is 1.12 bits per heavy atom. The van der Waals surface area contributed by atoms with Crippen LogP contribution in [0.1, 0.15) is 0 Å². The fourth-order valence-corrected chi connectivity index (χ4v) is 1.90. The second kappa shape index (κ2) is 9.78. The number of ether oxygens (including phenoxy) is 4. The third-order valence-corrected chi connectivity index (χ3v) is 3.26. The van der Waals surface area contributed by atoms with Gasteiger partial charge < -0.3 is 18.9 Å². The minimum Gasteiger partial charge on any atom is -0.474 e. The van der Waals surface area contributed by atoms with Crippen molar-refractivity contribution in [2.75, 3.05) is 46.8 Å². The summed E-state index contributed by atoms with van der Waals surface area (Å²) < 4.78 is 21.7. The van der Waals surface area contributed by atoms with Crippen LogP contribution in [-0.2, 0) is 14.2 Å². The van der Waals surface area contributed by atoms with E-state index < -0.39 is 0 Å². The molecule has 5 nitrogen and oxygen atoms in total. The summed E-state index contributed by atoms with van der Waals surface area (Å²) >= 11 is 4.83. The number of rotatable bonds is 10. The minimum absolute atomic E-state index is 0.487. The fourth-order valence-electron chi connectivity index (χ4n) is 0.977. The molecule has 0 spiro atoms. The minimum atomic E-state index is 0.487. The maximum Gasteiger partial charge on any atom is 0.239 e. The molecule has 0 aliphatic rings. The van der Waals surface area contributed by atoms with E-state index in [9.17, 15) is 0 Å². The van der Waals surface area contributed by atoms with Gasteiger partial charge in [0.2, 0.25) is 5.88 Å². The third-order valence-electron chi connectivity index (χ3n) is 1.76. The number of thiazole rings is 1. The standard InChI is InChI=1S/C10H16BrNO4S/c1-13-2-3-14-4-5-15-6-7-16-10-9(11)17-8-12-10/h8H,2-7H2,1H3. The zero-order valence-electron chi connectivity index (χ0n) is 9.69. The van der Waals surface area contributed by atoms with E-state index in [0.717, 1.165) is 3.79 Å². The van der Waals surface area contributed by atoms with Crippen molar-refractivity contribution in [3.63, 3.8) is 0 Å². The molecule has 0 fully saturated rings. The summed E-state index contributed by atoms with van der Waals surface area (Å²) in [6, 6.07) is 0. The highest BCUT2D eigenvalue weighted by atomic mass is 79.9. The van der Waals surface area contributed by atoms with Crippen molar-refractivity contribution in [2.24, 2.45) is 0 Å². The Balaban J connectivity index is 1.86. The van der Waals surface area contributed by atoms with Crippen LogP contribution >= 0.6 is 27.3 Å². The van der Waals surface area contributed by atoms with Gasteiger partial charge in [-0.1, -0.05) is 0 Å².